The maximum atomic E-state index is 13.6. The van der Waals surface area contributed by atoms with Gasteiger partial charge in [-0.15, -0.1) is 0 Å². The summed E-state index contributed by atoms with van der Waals surface area (Å²) in [5.74, 6) is -0.0983. The van der Waals surface area contributed by atoms with Crippen LogP contribution in [-0.2, 0) is 6.42 Å². The van der Waals surface area contributed by atoms with E-state index in [0.717, 1.165) is 31.2 Å². The number of halogens is 1. The van der Waals surface area contributed by atoms with E-state index in [9.17, 15) is 9.50 Å². The standard InChI is InChI=1S/C15H21FO2/c1-18-14-7-6-12(10-13(14)16)11-15(17)8-4-2-3-5-9-15/h6-7,10,17H,2-5,8-9,11H2,1H3. The molecule has 0 aromatic heterocycles. The van der Waals surface area contributed by atoms with E-state index < -0.39 is 5.60 Å². The second-order valence-electron chi connectivity index (χ2n) is 5.28. The summed E-state index contributed by atoms with van der Waals surface area (Å²) >= 11 is 0. The molecule has 0 saturated heterocycles. The third-order valence-corrected chi connectivity index (χ3v) is 3.78. The number of hydrogen-bond donors (Lipinski definition) is 1. The molecular formula is C15H21FO2. The van der Waals surface area contributed by atoms with Crippen LogP contribution in [0.5, 0.6) is 5.75 Å². The van der Waals surface area contributed by atoms with Crippen LogP contribution in [0.1, 0.15) is 44.1 Å². The smallest absolute Gasteiger partial charge is 0.165 e. The highest BCUT2D eigenvalue weighted by atomic mass is 19.1. The quantitative estimate of drug-likeness (QED) is 0.835. The van der Waals surface area contributed by atoms with Gasteiger partial charge in [-0.05, 0) is 30.5 Å². The van der Waals surface area contributed by atoms with E-state index in [1.165, 1.54) is 26.0 Å². The molecule has 18 heavy (non-hydrogen) atoms. The molecule has 0 atom stereocenters. The lowest BCUT2D eigenvalue weighted by atomic mass is 9.87. The topological polar surface area (TPSA) is 29.5 Å². The van der Waals surface area contributed by atoms with Crippen molar-refractivity contribution >= 4 is 0 Å². The van der Waals surface area contributed by atoms with Crippen molar-refractivity contribution in [2.75, 3.05) is 7.11 Å². The Kier molecular flexibility index (Phi) is 4.23. The average Bonchev–Trinajstić information content (AvgIpc) is 2.54. The fourth-order valence-corrected chi connectivity index (χ4v) is 2.76. The highest BCUT2D eigenvalue weighted by Crippen LogP contribution is 2.31. The molecule has 2 nitrogen and oxygen atoms in total. The molecule has 100 valence electrons. The molecule has 0 amide bonds. The lowest BCUT2D eigenvalue weighted by Gasteiger charge is -2.26. The molecule has 0 spiro atoms. The molecule has 1 aromatic carbocycles. The Labute approximate surface area is 108 Å². The predicted molar refractivity (Wildman–Crippen MR) is 69.3 cm³/mol. The average molecular weight is 252 g/mol. The first-order valence-corrected chi connectivity index (χ1v) is 6.68. The summed E-state index contributed by atoms with van der Waals surface area (Å²) in [5, 5.41) is 10.6. The van der Waals surface area contributed by atoms with Crippen molar-refractivity contribution in [3.05, 3.63) is 29.6 Å². The van der Waals surface area contributed by atoms with Crippen LogP contribution < -0.4 is 4.74 Å². The second-order valence-corrected chi connectivity index (χ2v) is 5.28. The van der Waals surface area contributed by atoms with Gasteiger partial charge in [-0.25, -0.2) is 4.39 Å². The zero-order valence-corrected chi connectivity index (χ0v) is 10.9. The molecule has 0 bridgehead atoms. The van der Waals surface area contributed by atoms with Gasteiger partial charge in [0.2, 0.25) is 0 Å². The lowest BCUT2D eigenvalue weighted by Crippen LogP contribution is -2.30. The van der Waals surface area contributed by atoms with E-state index >= 15 is 0 Å². The van der Waals surface area contributed by atoms with Crippen molar-refractivity contribution < 1.29 is 14.2 Å². The van der Waals surface area contributed by atoms with Crippen LogP contribution in [0.4, 0.5) is 4.39 Å². The van der Waals surface area contributed by atoms with Crippen molar-refractivity contribution in [3.8, 4) is 5.75 Å². The zero-order valence-electron chi connectivity index (χ0n) is 10.9. The minimum absolute atomic E-state index is 0.256. The van der Waals surface area contributed by atoms with Gasteiger partial charge in [-0.3, -0.25) is 0 Å². The van der Waals surface area contributed by atoms with Gasteiger partial charge in [-0.1, -0.05) is 31.7 Å². The highest BCUT2D eigenvalue weighted by Gasteiger charge is 2.28. The predicted octanol–water partition coefficient (Wildman–Crippen LogP) is 3.46. The van der Waals surface area contributed by atoms with Gasteiger partial charge < -0.3 is 9.84 Å². The molecule has 1 fully saturated rings. The minimum Gasteiger partial charge on any atom is -0.494 e. The summed E-state index contributed by atoms with van der Waals surface area (Å²) in [7, 11) is 1.46. The SMILES string of the molecule is COc1ccc(CC2(O)CCCCCC2)cc1F. The largest absolute Gasteiger partial charge is 0.494 e. The van der Waals surface area contributed by atoms with Gasteiger partial charge in [0.25, 0.3) is 0 Å². The maximum absolute atomic E-state index is 13.6. The van der Waals surface area contributed by atoms with Gasteiger partial charge in [0, 0.05) is 6.42 Å². The van der Waals surface area contributed by atoms with Crippen LogP contribution in [-0.4, -0.2) is 17.8 Å². The fourth-order valence-electron chi connectivity index (χ4n) is 2.76. The van der Waals surface area contributed by atoms with Crippen LogP contribution in [0.15, 0.2) is 18.2 Å². The lowest BCUT2D eigenvalue weighted by molar-refractivity contribution is 0.0252. The number of benzene rings is 1. The first-order chi connectivity index (χ1) is 8.63. The molecule has 0 heterocycles. The van der Waals surface area contributed by atoms with Crippen molar-refractivity contribution in [3.63, 3.8) is 0 Å². The minimum atomic E-state index is -0.655. The normalized spacial score (nSPS) is 19.3. The zero-order chi connectivity index (χ0) is 13.0. The monoisotopic (exact) mass is 252 g/mol. The van der Waals surface area contributed by atoms with E-state index in [1.54, 1.807) is 6.07 Å². The second kappa shape index (κ2) is 5.70. The van der Waals surface area contributed by atoms with Gasteiger partial charge in [0.1, 0.15) is 0 Å². The summed E-state index contributed by atoms with van der Waals surface area (Å²) < 4.78 is 18.5. The Hall–Kier alpha value is -1.09. The number of aliphatic hydroxyl groups is 1. The summed E-state index contributed by atoms with van der Waals surface area (Å²) in [4.78, 5) is 0. The number of ether oxygens (including phenoxy) is 1. The van der Waals surface area contributed by atoms with Crippen LogP contribution >= 0.6 is 0 Å². The van der Waals surface area contributed by atoms with Crippen molar-refractivity contribution in [2.45, 2.75) is 50.5 Å². The van der Waals surface area contributed by atoms with Crippen molar-refractivity contribution in [1.82, 2.24) is 0 Å². The maximum Gasteiger partial charge on any atom is 0.165 e. The van der Waals surface area contributed by atoms with E-state index in [2.05, 4.69) is 0 Å². The van der Waals surface area contributed by atoms with Crippen LogP contribution in [0.25, 0.3) is 0 Å². The van der Waals surface area contributed by atoms with Gasteiger partial charge >= 0.3 is 0 Å². The Balaban J connectivity index is 2.10. The van der Waals surface area contributed by atoms with Crippen LogP contribution in [0.2, 0.25) is 0 Å². The van der Waals surface area contributed by atoms with Crippen LogP contribution in [0.3, 0.4) is 0 Å². The Morgan fingerprint density at radius 3 is 2.44 bits per heavy atom. The third kappa shape index (κ3) is 3.22. The molecule has 0 aliphatic heterocycles. The Bertz CT molecular complexity index is 395. The van der Waals surface area contributed by atoms with Crippen LogP contribution in [0, 0.1) is 5.82 Å². The number of methoxy groups -OCH3 is 1. The molecule has 1 saturated carbocycles. The van der Waals surface area contributed by atoms with Crippen molar-refractivity contribution in [1.29, 1.82) is 0 Å². The summed E-state index contributed by atoms with van der Waals surface area (Å²) in [5.41, 5.74) is 0.190. The van der Waals surface area contributed by atoms with E-state index in [0.29, 0.717) is 6.42 Å². The van der Waals surface area contributed by atoms with Crippen molar-refractivity contribution in [2.24, 2.45) is 0 Å². The summed E-state index contributed by atoms with van der Waals surface area (Å²) in [6, 6.07) is 4.94. The molecule has 3 heteroatoms. The molecule has 1 aromatic rings. The van der Waals surface area contributed by atoms with E-state index in [-0.39, 0.29) is 11.6 Å². The molecular weight excluding hydrogens is 231 g/mol. The molecule has 0 radical (unpaired) electrons. The number of hydrogen-bond acceptors (Lipinski definition) is 2. The molecule has 2 rings (SSSR count). The van der Waals surface area contributed by atoms with Gasteiger partial charge in [0.05, 0.1) is 12.7 Å². The molecule has 1 aliphatic rings. The Morgan fingerprint density at radius 1 is 1.22 bits per heavy atom. The number of rotatable bonds is 3. The third-order valence-electron chi connectivity index (χ3n) is 3.78. The van der Waals surface area contributed by atoms with E-state index in [1.807, 2.05) is 6.07 Å². The van der Waals surface area contributed by atoms with Gasteiger partial charge in [0.15, 0.2) is 11.6 Å². The highest BCUT2D eigenvalue weighted by molar-refractivity contribution is 5.30. The van der Waals surface area contributed by atoms with Gasteiger partial charge in [-0.2, -0.15) is 0 Å². The van der Waals surface area contributed by atoms with E-state index in [4.69, 9.17) is 4.74 Å². The molecule has 1 aliphatic carbocycles. The summed E-state index contributed by atoms with van der Waals surface area (Å²) in [6.07, 6.45) is 6.69. The molecule has 1 N–H and O–H groups in total. The molecule has 0 unspecified atom stereocenters. The Morgan fingerprint density at radius 2 is 1.89 bits per heavy atom. The first kappa shape index (κ1) is 13.3. The fraction of sp³-hybridized carbons (Fsp3) is 0.600. The first-order valence-electron chi connectivity index (χ1n) is 6.68. The summed E-state index contributed by atoms with van der Waals surface area (Å²) in [6.45, 7) is 0.